The molecule has 106 valence electrons. The van der Waals surface area contributed by atoms with Gasteiger partial charge in [-0.2, -0.15) is 0 Å². The van der Waals surface area contributed by atoms with Gasteiger partial charge in [0.2, 0.25) is 5.91 Å². The molecule has 1 aliphatic heterocycles. The van der Waals surface area contributed by atoms with Crippen molar-refractivity contribution in [1.29, 1.82) is 0 Å². The summed E-state index contributed by atoms with van der Waals surface area (Å²) in [6, 6.07) is 0. The second-order valence-electron chi connectivity index (χ2n) is 4.30. The summed E-state index contributed by atoms with van der Waals surface area (Å²) >= 11 is 0. The number of amides is 1. The third-order valence-corrected chi connectivity index (χ3v) is 2.87. The molecular formula is C12H25N3O3. The molecule has 0 saturated carbocycles. The number of nitrogens with zero attached hydrogens (tertiary/aromatic N) is 1. The molecule has 0 bridgehead atoms. The number of hydrogen-bond donors (Lipinski definition) is 2. The van der Waals surface area contributed by atoms with Gasteiger partial charge in [0.25, 0.3) is 0 Å². The maximum Gasteiger partial charge on any atom is 0.221 e. The first-order chi connectivity index (χ1) is 8.83. The van der Waals surface area contributed by atoms with Crippen molar-refractivity contribution in [3.05, 3.63) is 0 Å². The molecule has 0 atom stereocenters. The van der Waals surface area contributed by atoms with Gasteiger partial charge in [0.15, 0.2) is 0 Å². The smallest absolute Gasteiger partial charge is 0.221 e. The number of ether oxygens (including phenoxy) is 2. The average molecular weight is 259 g/mol. The second-order valence-corrected chi connectivity index (χ2v) is 4.30. The van der Waals surface area contributed by atoms with Crippen LogP contribution in [-0.2, 0) is 14.3 Å². The Morgan fingerprint density at radius 1 is 1.28 bits per heavy atom. The Kier molecular flexibility index (Phi) is 8.75. The molecule has 2 N–H and O–H groups in total. The lowest BCUT2D eigenvalue weighted by Crippen LogP contribution is -2.41. The minimum atomic E-state index is 0.105. The largest absolute Gasteiger partial charge is 0.383 e. The Hall–Kier alpha value is -0.690. The summed E-state index contributed by atoms with van der Waals surface area (Å²) in [6.07, 6.45) is 0.521. The fourth-order valence-electron chi connectivity index (χ4n) is 1.77. The lowest BCUT2D eigenvalue weighted by Gasteiger charge is -2.26. The molecule has 0 radical (unpaired) electrons. The van der Waals surface area contributed by atoms with Crippen LogP contribution in [0.15, 0.2) is 0 Å². The van der Waals surface area contributed by atoms with E-state index in [9.17, 15) is 4.79 Å². The van der Waals surface area contributed by atoms with Crippen molar-refractivity contribution < 1.29 is 14.3 Å². The molecule has 1 amide bonds. The number of methoxy groups -OCH3 is 1. The van der Waals surface area contributed by atoms with E-state index < -0.39 is 0 Å². The maximum atomic E-state index is 11.5. The fourth-order valence-corrected chi connectivity index (χ4v) is 1.77. The molecule has 6 nitrogen and oxygen atoms in total. The van der Waals surface area contributed by atoms with Crippen LogP contribution in [0.2, 0.25) is 0 Å². The van der Waals surface area contributed by atoms with Gasteiger partial charge in [-0.25, -0.2) is 0 Å². The fraction of sp³-hybridized carbons (Fsp3) is 0.917. The monoisotopic (exact) mass is 259 g/mol. The summed E-state index contributed by atoms with van der Waals surface area (Å²) < 4.78 is 10.2. The average Bonchev–Trinajstić information content (AvgIpc) is 2.40. The number of hydrogen-bond acceptors (Lipinski definition) is 5. The summed E-state index contributed by atoms with van der Waals surface area (Å²) in [5.41, 5.74) is 0. The van der Waals surface area contributed by atoms with Crippen LogP contribution in [0.1, 0.15) is 6.42 Å². The van der Waals surface area contributed by atoms with E-state index in [-0.39, 0.29) is 5.91 Å². The first-order valence-corrected chi connectivity index (χ1v) is 6.59. The highest BCUT2D eigenvalue weighted by Crippen LogP contribution is 1.94. The van der Waals surface area contributed by atoms with E-state index >= 15 is 0 Å². The summed E-state index contributed by atoms with van der Waals surface area (Å²) in [6.45, 7) is 7.34. The zero-order valence-electron chi connectivity index (χ0n) is 11.2. The van der Waals surface area contributed by atoms with Crippen molar-refractivity contribution in [2.24, 2.45) is 0 Å². The van der Waals surface area contributed by atoms with E-state index in [0.29, 0.717) is 19.6 Å². The highest BCUT2D eigenvalue weighted by atomic mass is 16.5. The van der Waals surface area contributed by atoms with Crippen molar-refractivity contribution in [3.8, 4) is 0 Å². The first kappa shape index (κ1) is 15.4. The third kappa shape index (κ3) is 7.60. The molecule has 1 rings (SSSR count). The molecule has 0 aromatic heterocycles. The predicted molar refractivity (Wildman–Crippen MR) is 69.6 cm³/mol. The first-order valence-electron chi connectivity index (χ1n) is 6.59. The van der Waals surface area contributed by atoms with Crippen LogP contribution < -0.4 is 10.6 Å². The van der Waals surface area contributed by atoms with Gasteiger partial charge in [0.05, 0.1) is 19.8 Å². The lowest BCUT2D eigenvalue weighted by atomic mass is 10.3. The summed E-state index contributed by atoms with van der Waals surface area (Å²) in [7, 11) is 1.67. The molecule has 0 spiro atoms. The van der Waals surface area contributed by atoms with Crippen LogP contribution in [0.5, 0.6) is 0 Å². The van der Waals surface area contributed by atoms with Crippen LogP contribution in [0.3, 0.4) is 0 Å². The Morgan fingerprint density at radius 2 is 2.06 bits per heavy atom. The van der Waals surface area contributed by atoms with Crippen molar-refractivity contribution in [2.45, 2.75) is 6.42 Å². The van der Waals surface area contributed by atoms with E-state index in [0.717, 1.165) is 45.9 Å². The molecule has 1 fully saturated rings. The van der Waals surface area contributed by atoms with Gasteiger partial charge in [-0.15, -0.1) is 0 Å². The Bertz CT molecular complexity index is 221. The van der Waals surface area contributed by atoms with E-state index in [1.165, 1.54) is 0 Å². The second kappa shape index (κ2) is 10.3. The highest BCUT2D eigenvalue weighted by molar-refractivity contribution is 5.76. The molecule has 1 saturated heterocycles. The van der Waals surface area contributed by atoms with Crippen LogP contribution in [0.4, 0.5) is 0 Å². The van der Waals surface area contributed by atoms with Gasteiger partial charge in [0, 0.05) is 52.8 Å². The normalized spacial score (nSPS) is 16.7. The number of nitrogens with one attached hydrogen (secondary N) is 2. The number of carbonyl (C=O) groups excluding carboxylic acids is 1. The SMILES string of the molecule is COCCNCCC(=O)NCCN1CCOCC1. The van der Waals surface area contributed by atoms with Crippen molar-refractivity contribution in [1.82, 2.24) is 15.5 Å². The molecule has 0 unspecified atom stereocenters. The molecule has 0 aromatic carbocycles. The minimum Gasteiger partial charge on any atom is -0.383 e. The van der Waals surface area contributed by atoms with Crippen LogP contribution in [0, 0.1) is 0 Å². The topological polar surface area (TPSA) is 62.8 Å². The Morgan fingerprint density at radius 3 is 2.78 bits per heavy atom. The standard InChI is InChI=1S/C12H25N3O3/c1-17-9-5-13-3-2-12(16)14-4-6-15-7-10-18-11-8-15/h13H,2-11H2,1H3,(H,14,16). The number of carbonyl (C=O) groups is 1. The van der Waals surface area contributed by atoms with Gasteiger partial charge in [-0.05, 0) is 0 Å². The van der Waals surface area contributed by atoms with E-state index in [1.807, 2.05) is 0 Å². The summed E-state index contributed by atoms with van der Waals surface area (Å²) in [5, 5.41) is 6.07. The predicted octanol–water partition coefficient (Wildman–Crippen LogP) is -0.939. The van der Waals surface area contributed by atoms with Gasteiger partial charge in [0.1, 0.15) is 0 Å². The Balaban J connectivity index is 1.89. The van der Waals surface area contributed by atoms with Gasteiger partial charge in [-0.3, -0.25) is 9.69 Å². The van der Waals surface area contributed by atoms with Gasteiger partial charge in [-0.1, -0.05) is 0 Å². The van der Waals surface area contributed by atoms with E-state index in [4.69, 9.17) is 9.47 Å². The summed E-state index contributed by atoms with van der Waals surface area (Å²) in [5.74, 6) is 0.105. The quantitative estimate of drug-likeness (QED) is 0.523. The van der Waals surface area contributed by atoms with E-state index in [1.54, 1.807) is 7.11 Å². The highest BCUT2D eigenvalue weighted by Gasteiger charge is 2.09. The maximum absolute atomic E-state index is 11.5. The van der Waals surface area contributed by atoms with Crippen LogP contribution in [-0.4, -0.2) is 77.0 Å². The van der Waals surface area contributed by atoms with Crippen molar-refractivity contribution >= 4 is 5.91 Å². The van der Waals surface area contributed by atoms with E-state index in [2.05, 4.69) is 15.5 Å². The van der Waals surface area contributed by atoms with Crippen molar-refractivity contribution in [3.63, 3.8) is 0 Å². The molecule has 0 aromatic rings. The molecule has 18 heavy (non-hydrogen) atoms. The van der Waals surface area contributed by atoms with Crippen molar-refractivity contribution in [2.75, 3.05) is 66.2 Å². The zero-order chi connectivity index (χ0) is 13.1. The van der Waals surface area contributed by atoms with Crippen LogP contribution >= 0.6 is 0 Å². The molecule has 1 heterocycles. The zero-order valence-corrected chi connectivity index (χ0v) is 11.2. The minimum absolute atomic E-state index is 0.105. The molecule has 6 heteroatoms. The Labute approximate surface area is 109 Å². The molecular weight excluding hydrogens is 234 g/mol. The summed E-state index contributed by atoms with van der Waals surface area (Å²) in [4.78, 5) is 13.8. The lowest BCUT2D eigenvalue weighted by molar-refractivity contribution is -0.121. The molecule has 1 aliphatic rings. The number of morpholine rings is 1. The number of rotatable bonds is 9. The van der Waals surface area contributed by atoms with Gasteiger partial charge >= 0.3 is 0 Å². The van der Waals surface area contributed by atoms with Gasteiger partial charge < -0.3 is 20.1 Å². The third-order valence-electron chi connectivity index (χ3n) is 2.87. The molecule has 0 aliphatic carbocycles. The van der Waals surface area contributed by atoms with Crippen LogP contribution in [0.25, 0.3) is 0 Å².